The molecule has 1 fully saturated rings. The summed E-state index contributed by atoms with van der Waals surface area (Å²) in [7, 11) is 0. The van der Waals surface area contributed by atoms with Crippen LogP contribution < -0.4 is 5.32 Å². The minimum atomic E-state index is -0.980. The molecule has 1 aliphatic rings. The Kier molecular flexibility index (Phi) is 4.29. The Balaban J connectivity index is 2.20. The average Bonchev–Trinajstić information content (AvgIpc) is 2.71. The van der Waals surface area contributed by atoms with Gasteiger partial charge in [0.1, 0.15) is 11.4 Å². The number of nitro groups is 1. The van der Waals surface area contributed by atoms with Crippen LogP contribution in [0.5, 0.6) is 5.75 Å². The molecule has 0 spiro atoms. The first kappa shape index (κ1) is 15.1. The molecule has 9 nitrogen and oxygen atoms in total. The number of phenolic OH excluding ortho intramolecular Hbond substituents is 1. The number of nitrogens with zero attached hydrogens (tertiary/aromatic N) is 4. The van der Waals surface area contributed by atoms with Crippen molar-refractivity contribution in [2.45, 2.75) is 19.3 Å². The van der Waals surface area contributed by atoms with E-state index in [1.807, 2.05) is 6.92 Å². The van der Waals surface area contributed by atoms with Gasteiger partial charge >= 0.3 is 0 Å². The number of hydrogen-bond donors (Lipinski definition) is 3. The predicted octanol–water partition coefficient (Wildman–Crippen LogP) is 1.24. The van der Waals surface area contributed by atoms with Gasteiger partial charge in [-0.15, -0.1) is 5.11 Å². The van der Waals surface area contributed by atoms with E-state index in [4.69, 9.17) is 12.2 Å². The number of phenols is 1. The topological polar surface area (TPSA) is 124 Å². The summed E-state index contributed by atoms with van der Waals surface area (Å²) in [5.41, 5.74) is -0.272. The van der Waals surface area contributed by atoms with Crippen LogP contribution in [0.2, 0.25) is 0 Å². The summed E-state index contributed by atoms with van der Waals surface area (Å²) in [4.78, 5) is 11.6. The number of nitro benzene ring substituents is 1. The highest BCUT2D eigenvalue weighted by Crippen LogP contribution is 2.31. The fourth-order valence-corrected chi connectivity index (χ4v) is 2.18. The number of azo groups is 1. The minimum absolute atomic E-state index is 0.0564. The van der Waals surface area contributed by atoms with Crippen molar-refractivity contribution in [1.82, 2.24) is 10.2 Å². The molecule has 1 aliphatic heterocycles. The summed E-state index contributed by atoms with van der Waals surface area (Å²) >= 11 is 5.02. The van der Waals surface area contributed by atoms with Gasteiger partial charge < -0.3 is 20.4 Å². The summed E-state index contributed by atoms with van der Waals surface area (Å²) in [6, 6.07) is 3.41. The number of rotatable bonds is 4. The molecule has 21 heavy (non-hydrogen) atoms. The first-order valence-electron chi connectivity index (χ1n) is 6.07. The van der Waals surface area contributed by atoms with Crippen LogP contribution in [0.3, 0.4) is 0 Å². The molecule has 2 unspecified atom stereocenters. The number of aliphatic hydroxyl groups is 1. The maximum Gasteiger partial charge on any atom is 0.271 e. The molecule has 0 radical (unpaired) electrons. The molecule has 2 rings (SSSR count). The van der Waals surface area contributed by atoms with Crippen LogP contribution in [-0.2, 0) is 0 Å². The van der Waals surface area contributed by atoms with Crippen LogP contribution in [-0.4, -0.2) is 44.1 Å². The van der Waals surface area contributed by atoms with Crippen molar-refractivity contribution in [2.24, 2.45) is 10.2 Å². The van der Waals surface area contributed by atoms with Gasteiger partial charge in [-0.3, -0.25) is 10.1 Å². The van der Waals surface area contributed by atoms with Crippen LogP contribution in [0.15, 0.2) is 28.4 Å². The maximum absolute atomic E-state index is 10.7. The number of benzene rings is 1. The fraction of sp³-hybridized carbons (Fsp3) is 0.364. The summed E-state index contributed by atoms with van der Waals surface area (Å²) in [6.45, 7) is 2.32. The monoisotopic (exact) mass is 311 g/mol. The van der Waals surface area contributed by atoms with Gasteiger partial charge in [0.25, 0.3) is 5.69 Å². The molecule has 0 amide bonds. The summed E-state index contributed by atoms with van der Waals surface area (Å²) in [5.74, 6) is -0.244. The highest BCUT2D eigenvalue weighted by molar-refractivity contribution is 7.80. The molecule has 3 N–H and O–H groups in total. The quantitative estimate of drug-likeness (QED) is 0.331. The Morgan fingerprint density at radius 2 is 2.29 bits per heavy atom. The predicted molar refractivity (Wildman–Crippen MR) is 77.2 cm³/mol. The van der Waals surface area contributed by atoms with Crippen LogP contribution in [0.4, 0.5) is 11.4 Å². The van der Waals surface area contributed by atoms with Gasteiger partial charge in [-0.25, -0.2) is 0 Å². The number of hydrogen-bond acceptors (Lipinski definition) is 7. The van der Waals surface area contributed by atoms with E-state index >= 15 is 0 Å². The molecule has 0 bridgehead atoms. The van der Waals surface area contributed by atoms with Crippen LogP contribution in [0.1, 0.15) is 6.92 Å². The second-order valence-corrected chi connectivity index (χ2v) is 4.63. The number of aliphatic hydroxyl groups excluding tert-OH is 1. The molecule has 1 saturated heterocycles. The van der Waals surface area contributed by atoms with E-state index in [1.54, 1.807) is 0 Å². The second kappa shape index (κ2) is 5.97. The van der Waals surface area contributed by atoms with Crippen LogP contribution in [0, 0.1) is 10.1 Å². The smallest absolute Gasteiger partial charge is 0.271 e. The molecule has 1 aromatic rings. The van der Waals surface area contributed by atoms with Gasteiger partial charge in [-0.2, -0.15) is 5.11 Å². The Morgan fingerprint density at radius 3 is 2.86 bits per heavy atom. The van der Waals surface area contributed by atoms with E-state index in [-0.39, 0.29) is 17.1 Å². The van der Waals surface area contributed by atoms with E-state index in [0.29, 0.717) is 11.7 Å². The SMILES string of the molecule is CCN1C(=S)NC(N=Nc2cc([N+](=O)[O-])ccc2O)C1O. The molecule has 0 aromatic heterocycles. The Labute approximate surface area is 125 Å². The van der Waals surface area contributed by atoms with E-state index in [9.17, 15) is 20.3 Å². The van der Waals surface area contributed by atoms with Crippen molar-refractivity contribution in [3.05, 3.63) is 28.3 Å². The Hall–Kier alpha value is -2.33. The largest absolute Gasteiger partial charge is 0.506 e. The minimum Gasteiger partial charge on any atom is -0.506 e. The van der Waals surface area contributed by atoms with E-state index in [0.717, 1.165) is 18.2 Å². The lowest BCUT2D eigenvalue weighted by molar-refractivity contribution is -0.384. The van der Waals surface area contributed by atoms with E-state index in [1.165, 1.54) is 4.90 Å². The van der Waals surface area contributed by atoms with Crippen molar-refractivity contribution in [1.29, 1.82) is 0 Å². The lowest BCUT2D eigenvalue weighted by Crippen LogP contribution is -2.35. The second-order valence-electron chi connectivity index (χ2n) is 4.24. The van der Waals surface area contributed by atoms with Gasteiger partial charge in [0.05, 0.1) is 4.92 Å². The molecular formula is C11H13N5O4S. The van der Waals surface area contributed by atoms with Gasteiger partial charge in [-0.1, -0.05) is 0 Å². The summed E-state index contributed by atoms with van der Waals surface area (Å²) in [5, 5.41) is 40.9. The van der Waals surface area contributed by atoms with E-state index < -0.39 is 17.3 Å². The van der Waals surface area contributed by atoms with Crippen LogP contribution >= 0.6 is 12.2 Å². The molecule has 1 aromatic carbocycles. The standard InChI is InChI=1S/C11H13N5O4S/c1-2-15-10(18)9(12-11(15)21)14-13-7-5-6(16(19)20)3-4-8(7)17/h3-5,9-10,17-18H,2H2,1H3,(H,12,21). The van der Waals surface area contributed by atoms with Gasteiger partial charge in [-0.05, 0) is 25.2 Å². The number of non-ortho nitro benzene ring substituents is 1. The van der Waals surface area contributed by atoms with Crippen molar-refractivity contribution in [2.75, 3.05) is 6.54 Å². The highest BCUT2D eigenvalue weighted by Gasteiger charge is 2.34. The summed E-state index contributed by atoms with van der Waals surface area (Å²) in [6.07, 6.45) is -1.77. The van der Waals surface area contributed by atoms with Crippen molar-refractivity contribution < 1.29 is 15.1 Å². The van der Waals surface area contributed by atoms with Crippen LogP contribution in [0.25, 0.3) is 0 Å². The lowest BCUT2D eigenvalue weighted by atomic mass is 10.2. The lowest BCUT2D eigenvalue weighted by Gasteiger charge is -2.18. The van der Waals surface area contributed by atoms with Crippen molar-refractivity contribution in [3.63, 3.8) is 0 Å². The van der Waals surface area contributed by atoms with Crippen molar-refractivity contribution in [3.8, 4) is 5.75 Å². The zero-order valence-corrected chi connectivity index (χ0v) is 11.8. The van der Waals surface area contributed by atoms with Crippen molar-refractivity contribution >= 4 is 28.7 Å². The average molecular weight is 311 g/mol. The molecule has 10 heteroatoms. The third-order valence-corrected chi connectivity index (χ3v) is 3.29. The zero-order valence-electron chi connectivity index (χ0n) is 11.0. The normalized spacial score (nSPS) is 21.8. The zero-order chi connectivity index (χ0) is 15.6. The third kappa shape index (κ3) is 3.06. The Bertz CT molecular complexity index is 608. The fourth-order valence-electron chi connectivity index (χ4n) is 1.82. The van der Waals surface area contributed by atoms with Gasteiger partial charge in [0.15, 0.2) is 17.5 Å². The molecule has 0 aliphatic carbocycles. The number of thiocarbonyl (C=S) groups is 1. The van der Waals surface area contributed by atoms with Gasteiger partial charge in [0.2, 0.25) is 0 Å². The molecular weight excluding hydrogens is 298 g/mol. The van der Waals surface area contributed by atoms with E-state index in [2.05, 4.69) is 15.5 Å². The first-order chi connectivity index (χ1) is 9.93. The number of aromatic hydroxyl groups is 1. The number of likely N-dealkylation sites (N-methyl/N-ethyl adjacent to an activating group) is 1. The molecule has 1 heterocycles. The molecule has 2 atom stereocenters. The first-order valence-corrected chi connectivity index (χ1v) is 6.48. The summed E-state index contributed by atoms with van der Waals surface area (Å²) < 4.78 is 0. The molecule has 112 valence electrons. The molecule has 0 saturated carbocycles. The number of nitrogens with one attached hydrogen (secondary N) is 1. The highest BCUT2D eigenvalue weighted by atomic mass is 32.1. The van der Waals surface area contributed by atoms with Gasteiger partial charge in [0, 0.05) is 18.7 Å². The Morgan fingerprint density at radius 1 is 1.57 bits per heavy atom. The maximum atomic E-state index is 10.7. The third-order valence-electron chi connectivity index (χ3n) is 2.93.